The van der Waals surface area contributed by atoms with Gasteiger partial charge >= 0.3 is 6.16 Å². The minimum Gasteiger partial charge on any atom is -0.438 e. The second-order valence-electron chi connectivity index (χ2n) is 8.47. The van der Waals surface area contributed by atoms with E-state index in [9.17, 15) is 4.79 Å². The lowest BCUT2D eigenvalue weighted by molar-refractivity contribution is 0.0529. The van der Waals surface area contributed by atoms with Crippen molar-refractivity contribution in [2.24, 2.45) is 0 Å². The predicted octanol–water partition coefficient (Wildman–Crippen LogP) is 5.97. The van der Waals surface area contributed by atoms with Crippen LogP contribution in [0.1, 0.15) is 52.0 Å². The fourth-order valence-electron chi connectivity index (χ4n) is 2.31. The lowest BCUT2D eigenvalue weighted by atomic mass is 10.1. The Hall–Kier alpha value is -1.77. The molecule has 1 atom stereocenters. The molecule has 28 heavy (non-hydrogen) atoms. The zero-order valence-corrected chi connectivity index (χ0v) is 19.3. The molecule has 5 heteroatoms. The van der Waals surface area contributed by atoms with Gasteiger partial charge in [0.2, 0.25) is 0 Å². The molecule has 0 saturated carbocycles. The van der Waals surface area contributed by atoms with Gasteiger partial charge in [-0.15, -0.1) is 0 Å². The lowest BCUT2D eigenvalue weighted by Gasteiger charge is -2.36. The number of rotatable bonds is 9. The van der Waals surface area contributed by atoms with Gasteiger partial charge in [0, 0.05) is 19.4 Å². The number of hydrogen-bond donors (Lipinski definition) is 0. The molecule has 0 aliphatic rings. The number of benzene rings is 1. The van der Waals surface area contributed by atoms with Crippen LogP contribution in [0.25, 0.3) is 0 Å². The summed E-state index contributed by atoms with van der Waals surface area (Å²) in [6, 6.07) is 10.1. The molecule has 0 spiro atoms. The molecule has 0 saturated heterocycles. The van der Waals surface area contributed by atoms with Gasteiger partial charge in [-0.1, -0.05) is 62.9 Å². The Kier molecular flexibility index (Phi) is 10.3. The monoisotopic (exact) mass is 404 g/mol. The Morgan fingerprint density at radius 3 is 2.43 bits per heavy atom. The van der Waals surface area contributed by atoms with Gasteiger partial charge in [-0.2, -0.15) is 0 Å². The summed E-state index contributed by atoms with van der Waals surface area (Å²) in [7, 11) is -0.352. The number of ether oxygens (including phenoxy) is 2. The van der Waals surface area contributed by atoms with E-state index in [1.54, 1.807) is 0 Å². The second kappa shape index (κ2) is 11.9. The van der Waals surface area contributed by atoms with Crippen LogP contribution in [0.3, 0.4) is 0 Å². The fourth-order valence-corrected chi connectivity index (χ4v) is 3.40. The summed E-state index contributed by atoms with van der Waals surface area (Å²) in [5, 5.41) is 0.240. The summed E-state index contributed by atoms with van der Waals surface area (Å²) in [6.07, 6.45) is 3.07. The zero-order chi connectivity index (χ0) is 21.0. The van der Waals surface area contributed by atoms with E-state index in [1.807, 2.05) is 18.2 Å². The van der Waals surface area contributed by atoms with Crippen LogP contribution in [0.2, 0.25) is 18.1 Å². The average molecular weight is 405 g/mol. The Morgan fingerprint density at radius 2 is 1.82 bits per heavy atom. The zero-order valence-electron chi connectivity index (χ0n) is 18.3. The maximum Gasteiger partial charge on any atom is 0.509 e. The van der Waals surface area contributed by atoms with Gasteiger partial charge in [0.1, 0.15) is 0 Å². The maximum atomic E-state index is 11.5. The van der Waals surface area contributed by atoms with E-state index in [-0.39, 0.29) is 5.04 Å². The van der Waals surface area contributed by atoms with Crippen LogP contribution in [0.5, 0.6) is 0 Å². The van der Waals surface area contributed by atoms with Gasteiger partial charge in [0.15, 0.2) is 14.4 Å². The van der Waals surface area contributed by atoms with E-state index in [2.05, 4.69) is 62.6 Å². The summed E-state index contributed by atoms with van der Waals surface area (Å²) >= 11 is 0. The van der Waals surface area contributed by atoms with Crippen molar-refractivity contribution in [2.45, 2.75) is 77.1 Å². The van der Waals surface area contributed by atoms with Crippen LogP contribution in [0.15, 0.2) is 30.3 Å². The van der Waals surface area contributed by atoms with Crippen LogP contribution in [0, 0.1) is 11.8 Å². The van der Waals surface area contributed by atoms with Crippen molar-refractivity contribution < 1.29 is 18.7 Å². The van der Waals surface area contributed by atoms with E-state index in [4.69, 9.17) is 9.16 Å². The molecule has 0 heterocycles. The third-order valence-corrected chi connectivity index (χ3v) is 9.71. The Morgan fingerprint density at radius 1 is 1.14 bits per heavy atom. The third kappa shape index (κ3) is 9.43. The van der Waals surface area contributed by atoms with Crippen LogP contribution in [-0.4, -0.2) is 34.3 Å². The van der Waals surface area contributed by atoms with Crippen LogP contribution in [0.4, 0.5) is 4.79 Å². The summed E-state index contributed by atoms with van der Waals surface area (Å²) in [4.78, 5) is 11.5. The highest BCUT2D eigenvalue weighted by Gasteiger charge is 2.36. The molecule has 0 radical (unpaired) electrons. The Labute approximate surface area is 172 Å². The van der Waals surface area contributed by atoms with Crippen molar-refractivity contribution >= 4 is 14.5 Å². The molecular formula is C23H36O4Si. The van der Waals surface area contributed by atoms with Crippen molar-refractivity contribution in [1.29, 1.82) is 0 Å². The predicted molar refractivity (Wildman–Crippen MR) is 117 cm³/mol. The van der Waals surface area contributed by atoms with Crippen molar-refractivity contribution in [3.8, 4) is 11.8 Å². The van der Waals surface area contributed by atoms with Crippen molar-refractivity contribution in [1.82, 2.24) is 0 Å². The number of unbranched alkanes of at least 4 members (excludes halogenated alkanes) is 2. The van der Waals surface area contributed by atoms with Crippen molar-refractivity contribution in [3.05, 3.63) is 35.9 Å². The molecule has 0 aliphatic carbocycles. The first kappa shape index (κ1) is 24.3. The standard InChI is InChI=1S/C23H36O4Si/c1-23(2,3)28(5,6)26-19-13-8-7-12-16-21(27-22(24)25-4)18-17-20-14-10-9-11-15-20/h9-11,14-15,21H,7-8,13,17-19H2,1-6H3. The van der Waals surface area contributed by atoms with E-state index in [0.717, 1.165) is 32.3 Å². The van der Waals surface area contributed by atoms with E-state index in [1.165, 1.54) is 12.7 Å². The Balaban J connectivity index is 2.41. The summed E-state index contributed by atoms with van der Waals surface area (Å²) < 4.78 is 16.1. The quantitative estimate of drug-likeness (QED) is 0.220. The maximum absolute atomic E-state index is 11.5. The van der Waals surface area contributed by atoms with Crippen molar-refractivity contribution in [3.63, 3.8) is 0 Å². The smallest absolute Gasteiger partial charge is 0.438 e. The summed E-state index contributed by atoms with van der Waals surface area (Å²) in [5.41, 5.74) is 1.20. The molecule has 0 fully saturated rings. The molecule has 1 rings (SSSR count). The van der Waals surface area contributed by atoms with Crippen LogP contribution < -0.4 is 0 Å². The van der Waals surface area contributed by atoms with Gasteiger partial charge in [0.05, 0.1) is 7.11 Å². The number of carbonyl (C=O) groups is 1. The highest BCUT2D eigenvalue weighted by molar-refractivity contribution is 6.74. The van der Waals surface area contributed by atoms with Crippen LogP contribution >= 0.6 is 0 Å². The first-order chi connectivity index (χ1) is 13.2. The van der Waals surface area contributed by atoms with Gasteiger partial charge in [-0.3, -0.25) is 0 Å². The van der Waals surface area contributed by atoms with E-state index in [0.29, 0.717) is 6.42 Å². The SMILES string of the molecule is COC(=O)OC(C#CCCCCO[Si](C)(C)C(C)(C)C)CCc1ccccc1. The molecule has 1 unspecified atom stereocenters. The minimum absolute atomic E-state index is 0.240. The molecule has 0 amide bonds. The number of carbonyl (C=O) groups excluding carboxylic acids is 1. The Bertz CT molecular complexity index is 638. The first-order valence-corrected chi connectivity index (χ1v) is 13.0. The van der Waals surface area contributed by atoms with Crippen molar-refractivity contribution in [2.75, 3.05) is 13.7 Å². The molecule has 0 bridgehead atoms. The molecule has 1 aromatic rings. The topological polar surface area (TPSA) is 44.8 Å². The van der Waals surface area contributed by atoms with Gasteiger partial charge in [-0.05, 0) is 43.0 Å². The fraction of sp³-hybridized carbons (Fsp3) is 0.609. The largest absolute Gasteiger partial charge is 0.509 e. The highest BCUT2D eigenvalue weighted by Crippen LogP contribution is 2.36. The molecule has 4 nitrogen and oxygen atoms in total. The van der Waals surface area contributed by atoms with Gasteiger partial charge < -0.3 is 13.9 Å². The van der Waals surface area contributed by atoms with E-state index < -0.39 is 20.6 Å². The molecule has 0 aromatic heterocycles. The summed E-state index contributed by atoms with van der Waals surface area (Å²) in [6.45, 7) is 12.1. The summed E-state index contributed by atoms with van der Waals surface area (Å²) in [5.74, 6) is 6.23. The molecule has 1 aromatic carbocycles. The second-order valence-corrected chi connectivity index (χ2v) is 13.3. The van der Waals surface area contributed by atoms with Crippen LogP contribution in [-0.2, 0) is 20.3 Å². The number of hydrogen-bond acceptors (Lipinski definition) is 4. The molecule has 156 valence electrons. The van der Waals surface area contributed by atoms with E-state index >= 15 is 0 Å². The molecule has 0 N–H and O–H groups in total. The van der Waals surface area contributed by atoms with Gasteiger partial charge in [0.25, 0.3) is 0 Å². The minimum atomic E-state index is -1.66. The molecule has 0 aliphatic heterocycles. The number of aryl methyl sites for hydroxylation is 1. The molecular weight excluding hydrogens is 368 g/mol. The number of methoxy groups -OCH3 is 1. The normalized spacial score (nSPS) is 12.6. The highest BCUT2D eigenvalue weighted by atomic mass is 28.4. The van der Waals surface area contributed by atoms with Gasteiger partial charge in [-0.25, -0.2) is 4.79 Å². The average Bonchev–Trinajstić information content (AvgIpc) is 2.64. The third-order valence-electron chi connectivity index (χ3n) is 5.17. The lowest BCUT2D eigenvalue weighted by Crippen LogP contribution is -2.40. The first-order valence-electron chi connectivity index (χ1n) is 10.1.